The first kappa shape index (κ1) is 27.0. The van der Waals surface area contributed by atoms with Crippen LogP contribution in [0.25, 0.3) is 0 Å². The second-order valence-corrected chi connectivity index (χ2v) is 9.59. The van der Waals surface area contributed by atoms with Crippen LogP contribution in [0.4, 0.5) is 0 Å². The van der Waals surface area contributed by atoms with Gasteiger partial charge in [0.1, 0.15) is 0 Å². The largest absolute Gasteiger partial charge is 4.00 e. The van der Waals surface area contributed by atoms with E-state index in [1.54, 1.807) is 0 Å². The van der Waals surface area contributed by atoms with Crippen molar-refractivity contribution in [2.24, 2.45) is 0 Å². The van der Waals surface area contributed by atoms with E-state index < -0.39 is 8.07 Å². The monoisotopic (exact) mass is 362 g/mol. The van der Waals surface area contributed by atoms with Crippen molar-refractivity contribution in [2.45, 2.75) is 26.1 Å². The third kappa shape index (κ3) is 8.68. The molecule has 18 heavy (non-hydrogen) atoms. The number of hydrogen-bond donors (Lipinski definition) is 0. The van der Waals surface area contributed by atoms with Gasteiger partial charge in [-0.05, 0) is 0 Å². The Morgan fingerprint density at radius 1 is 1.28 bits per heavy atom. The molecular weight excluding hydrogens is 346 g/mol. The molecular formula is C11H17Cl3O2SiTi. The summed E-state index contributed by atoms with van der Waals surface area (Å²) in [5, 5.41) is 1.40. The number of carbonyl (C=O) groups excluding carboxylic acids is 1. The van der Waals surface area contributed by atoms with Crippen LogP contribution >= 0.6 is 0 Å². The van der Waals surface area contributed by atoms with Gasteiger partial charge < -0.3 is 42.0 Å². The molecule has 1 rings (SSSR count). The average molecular weight is 364 g/mol. The van der Waals surface area contributed by atoms with Crippen LogP contribution < -0.4 is 42.4 Å². The van der Waals surface area contributed by atoms with Crippen molar-refractivity contribution in [2.75, 3.05) is 7.11 Å². The molecule has 0 bridgehead atoms. The number of carbonyl (C=O) groups is 1. The molecule has 0 saturated carbocycles. The standard InChI is InChI=1S/C11H17O2Si.3ClH.Ti/c1-13-11(12)8-9-5-6-10(7-9)14(2,3)4;;;;/h5-7H,8H2,1-4H3;3*1H;/q-1;;;;+4/p-3. The molecule has 2 nitrogen and oxygen atoms in total. The van der Waals surface area contributed by atoms with E-state index in [2.05, 4.69) is 36.5 Å². The molecule has 1 aromatic rings. The van der Waals surface area contributed by atoms with Gasteiger partial charge in [-0.1, -0.05) is 19.6 Å². The topological polar surface area (TPSA) is 26.3 Å². The van der Waals surface area contributed by atoms with Crippen molar-refractivity contribution in [1.29, 1.82) is 0 Å². The number of methoxy groups -OCH3 is 1. The van der Waals surface area contributed by atoms with E-state index in [0.717, 1.165) is 5.56 Å². The number of hydrogen-bond acceptors (Lipinski definition) is 2. The quantitative estimate of drug-likeness (QED) is 0.303. The van der Waals surface area contributed by atoms with E-state index in [-0.39, 0.29) is 64.9 Å². The van der Waals surface area contributed by atoms with Gasteiger partial charge in [0.15, 0.2) is 0 Å². The molecule has 0 unspecified atom stereocenters. The molecule has 0 aliphatic rings. The van der Waals surface area contributed by atoms with Gasteiger partial charge in [0, 0.05) is 14.5 Å². The van der Waals surface area contributed by atoms with Crippen molar-refractivity contribution in [3.63, 3.8) is 0 Å². The summed E-state index contributed by atoms with van der Waals surface area (Å²) in [7, 11) is 0.195. The molecule has 0 radical (unpaired) electrons. The van der Waals surface area contributed by atoms with E-state index in [1.165, 1.54) is 12.3 Å². The molecule has 0 aliphatic heterocycles. The molecule has 0 saturated heterocycles. The molecule has 0 aromatic heterocycles. The zero-order valence-corrected chi connectivity index (χ0v) is 15.7. The van der Waals surface area contributed by atoms with Gasteiger partial charge in [0.2, 0.25) is 0 Å². The summed E-state index contributed by atoms with van der Waals surface area (Å²) < 4.78 is 4.62. The van der Waals surface area contributed by atoms with E-state index in [4.69, 9.17) is 0 Å². The first-order valence-corrected chi connectivity index (χ1v) is 8.26. The Balaban J connectivity index is -0.000000245. The first-order valence-electron chi connectivity index (χ1n) is 4.76. The molecule has 0 fully saturated rings. The van der Waals surface area contributed by atoms with Crippen LogP contribution in [0.15, 0.2) is 18.2 Å². The van der Waals surface area contributed by atoms with E-state index in [9.17, 15) is 4.79 Å². The Labute approximate surface area is 144 Å². The second-order valence-electron chi connectivity index (χ2n) is 4.51. The molecule has 0 heterocycles. The number of halogens is 3. The molecule has 0 N–H and O–H groups in total. The van der Waals surface area contributed by atoms with Crippen LogP contribution in [0.5, 0.6) is 0 Å². The van der Waals surface area contributed by atoms with Crippen molar-refractivity contribution in [3.05, 3.63) is 23.8 Å². The predicted molar refractivity (Wildman–Crippen MR) is 60.7 cm³/mol. The molecule has 1 aromatic carbocycles. The molecule has 0 aliphatic carbocycles. The van der Waals surface area contributed by atoms with Gasteiger partial charge in [0.05, 0.1) is 7.11 Å². The van der Waals surface area contributed by atoms with Gasteiger partial charge in [-0.3, -0.25) is 4.79 Å². The van der Waals surface area contributed by atoms with Crippen LogP contribution in [-0.2, 0) is 37.7 Å². The maximum absolute atomic E-state index is 11.0. The summed E-state index contributed by atoms with van der Waals surface area (Å²) >= 11 is 0. The third-order valence-corrected chi connectivity index (χ3v) is 4.30. The summed E-state index contributed by atoms with van der Waals surface area (Å²) in [4.78, 5) is 11.0. The fraction of sp³-hybridized carbons (Fsp3) is 0.455. The number of ether oxygens (including phenoxy) is 1. The van der Waals surface area contributed by atoms with Crippen molar-refractivity contribution < 1.29 is 68.5 Å². The van der Waals surface area contributed by atoms with Gasteiger partial charge in [-0.2, -0.15) is 22.9 Å². The van der Waals surface area contributed by atoms with E-state index in [1.807, 2.05) is 6.07 Å². The predicted octanol–water partition coefficient (Wildman–Crippen LogP) is -7.32. The summed E-state index contributed by atoms with van der Waals surface area (Å²) in [6.07, 6.45) is 0.390. The van der Waals surface area contributed by atoms with Crippen LogP contribution in [0.3, 0.4) is 0 Å². The SMILES string of the molecule is COC(=O)Cc1cc[c-]([Si](C)(C)C)c1.[Cl-].[Cl-].[Cl-].[Ti+4]. The maximum Gasteiger partial charge on any atom is 4.00 e. The van der Waals surface area contributed by atoms with Crippen LogP contribution in [-0.4, -0.2) is 21.2 Å². The summed E-state index contributed by atoms with van der Waals surface area (Å²) in [5.74, 6) is -0.169. The van der Waals surface area contributed by atoms with Crippen molar-refractivity contribution in [1.82, 2.24) is 0 Å². The Morgan fingerprint density at radius 3 is 2.11 bits per heavy atom. The summed E-state index contributed by atoms with van der Waals surface area (Å²) in [5.41, 5.74) is 1.06. The second kappa shape index (κ2) is 11.4. The van der Waals surface area contributed by atoms with Gasteiger partial charge in [-0.15, -0.1) is 0 Å². The van der Waals surface area contributed by atoms with E-state index in [0.29, 0.717) is 6.42 Å². The molecule has 0 spiro atoms. The Hall–Kier alpha value is 0.621. The number of esters is 1. The Morgan fingerprint density at radius 2 is 1.78 bits per heavy atom. The fourth-order valence-electron chi connectivity index (χ4n) is 1.31. The van der Waals surface area contributed by atoms with Crippen LogP contribution in [0, 0.1) is 0 Å². The van der Waals surface area contributed by atoms with Gasteiger partial charge in [0.25, 0.3) is 5.97 Å². The Bertz CT molecular complexity index is 337. The maximum atomic E-state index is 11.0. The fourth-order valence-corrected chi connectivity index (χ4v) is 2.51. The van der Waals surface area contributed by atoms with E-state index >= 15 is 0 Å². The van der Waals surface area contributed by atoms with Crippen LogP contribution in [0.2, 0.25) is 19.6 Å². The molecule has 0 atom stereocenters. The smallest absolute Gasteiger partial charge is 1.00 e. The summed E-state index contributed by atoms with van der Waals surface area (Å²) in [6.45, 7) is 6.89. The van der Waals surface area contributed by atoms with Gasteiger partial charge >= 0.3 is 21.7 Å². The average Bonchev–Trinajstić information content (AvgIpc) is 2.51. The van der Waals surface area contributed by atoms with Crippen molar-refractivity contribution >= 4 is 19.2 Å². The molecule has 0 amide bonds. The van der Waals surface area contributed by atoms with Gasteiger partial charge in [-0.25, -0.2) is 6.07 Å². The minimum absolute atomic E-state index is 0. The molecule has 102 valence electrons. The molecule has 7 heteroatoms. The van der Waals surface area contributed by atoms with Crippen molar-refractivity contribution in [3.8, 4) is 0 Å². The van der Waals surface area contributed by atoms with Crippen LogP contribution in [0.1, 0.15) is 5.56 Å². The first-order chi connectivity index (χ1) is 6.43. The third-order valence-electron chi connectivity index (χ3n) is 2.26. The normalized spacial score (nSPS) is 8.89. The minimum atomic E-state index is -1.23. The minimum Gasteiger partial charge on any atom is -1.00 e. The zero-order chi connectivity index (χ0) is 10.8. The Kier molecular flexibility index (Phi) is 17.2. The number of rotatable bonds is 3. The summed E-state index contributed by atoms with van der Waals surface area (Å²) in [6, 6.07) is 6.28. The zero-order valence-electron chi connectivity index (χ0n) is 10.9.